The Morgan fingerprint density at radius 2 is 2.21 bits per heavy atom. The van der Waals surface area contributed by atoms with E-state index in [0.717, 1.165) is 18.2 Å². The zero-order valence-electron chi connectivity index (χ0n) is 7.77. The fourth-order valence-electron chi connectivity index (χ4n) is 1.41. The fourth-order valence-corrected chi connectivity index (χ4v) is 3.29. The minimum atomic E-state index is 0.0888. The predicted molar refractivity (Wildman–Crippen MR) is 58.1 cm³/mol. The van der Waals surface area contributed by atoms with E-state index in [1.165, 1.54) is 0 Å². The third-order valence-corrected chi connectivity index (χ3v) is 4.17. The maximum atomic E-state index is 11.7. The molecule has 2 rings (SSSR count). The van der Waals surface area contributed by atoms with Crippen molar-refractivity contribution in [2.75, 3.05) is 36.3 Å². The summed E-state index contributed by atoms with van der Waals surface area (Å²) < 4.78 is 0. The molecule has 14 heavy (non-hydrogen) atoms. The first-order chi connectivity index (χ1) is 6.77. The minimum absolute atomic E-state index is 0.0888. The molecule has 78 valence electrons. The summed E-state index contributed by atoms with van der Waals surface area (Å²) >= 11 is 3.34. The summed E-state index contributed by atoms with van der Waals surface area (Å²) in [5.74, 6) is 3.19. The van der Waals surface area contributed by atoms with Crippen LogP contribution in [0.2, 0.25) is 0 Å². The van der Waals surface area contributed by atoms with Crippen LogP contribution in [0.5, 0.6) is 0 Å². The zero-order valence-corrected chi connectivity index (χ0v) is 9.40. The maximum absolute atomic E-state index is 11.7. The van der Waals surface area contributed by atoms with E-state index in [0.29, 0.717) is 11.6 Å². The second-order valence-corrected chi connectivity index (χ2v) is 5.29. The van der Waals surface area contributed by atoms with Crippen molar-refractivity contribution in [1.82, 2.24) is 9.80 Å². The molecule has 2 amide bonds. The average molecular weight is 232 g/mol. The van der Waals surface area contributed by atoms with Gasteiger partial charge in [-0.15, -0.1) is 23.5 Å². The van der Waals surface area contributed by atoms with Crippen LogP contribution >= 0.6 is 23.5 Å². The van der Waals surface area contributed by atoms with Gasteiger partial charge in [0.05, 0.1) is 17.5 Å². The molecule has 0 unspecified atom stereocenters. The van der Waals surface area contributed by atoms with Crippen molar-refractivity contribution in [3.8, 4) is 0 Å². The molecule has 2 heterocycles. The van der Waals surface area contributed by atoms with Gasteiger partial charge in [0.25, 0.3) is 0 Å². The van der Waals surface area contributed by atoms with Crippen molar-refractivity contribution >= 4 is 35.3 Å². The molecule has 4 nitrogen and oxygen atoms in total. The normalized spacial score (nSPS) is 22.1. The standard InChI is InChI=1S/C8H12N2O2S2/c11-7(9-1-2-13-5-9)3-10-6-14-4-8(10)12/h1-6H2. The lowest BCUT2D eigenvalue weighted by Gasteiger charge is -2.19. The summed E-state index contributed by atoms with van der Waals surface area (Å²) in [7, 11) is 0. The number of hydrogen-bond acceptors (Lipinski definition) is 4. The molecule has 0 saturated carbocycles. The number of carbonyl (C=O) groups excluding carboxylic acids is 2. The first-order valence-electron chi connectivity index (χ1n) is 4.48. The molecule has 0 spiro atoms. The lowest BCUT2D eigenvalue weighted by molar-refractivity contribution is -0.136. The minimum Gasteiger partial charge on any atom is -0.331 e. The van der Waals surface area contributed by atoms with Gasteiger partial charge in [0, 0.05) is 12.3 Å². The van der Waals surface area contributed by atoms with Crippen LogP contribution in [0.15, 0.2) is 0 Å². The number of thioether (sulfide) groups is 2. The van der Waals surface area contributed by atoms with Crippen molar-refractivity contribution in [3.05, 3.63) is 0 Å². The van der Waals surface area contributed by atoms with Gasteiger partial charge in [0.1, 0.15) is 6.54 Å². The molecular formula is C8H12N2O2S2. The molecule has 0 aromatic carbocycles. The second kappa shape index (κ2) is 4.44. The van der Waals surface area contributed by atoms with E-state index < -0.39 is 0 Å². The van der Waals surface area contributed by atoms with Crippen LogP contribution in [0.3, 0.4) is 0 Å². The van der Waals surface area contributed by atoms with E-state index in [-0.39, 0.29) is 18.4 Å². The van der Waals surface area contributed by atoms with Gasteiger partial charge in [0.15, 0.2) is 0 Å². The van der Waals surface area contributed by atoms with Crippen LogP contribution in [0, 0.1) is 0 Å². The van der Waals surface area contributed by atoms with E-state index >= 15 is 0 Å². The molecule has 2 saturated heterocycles. The highest BCUT2D eigenvalue weighted by atomic mass is 32.2. The summed E-state index contributed by atoms with van der Waals surface area (Å²) in [6.45, 7) is 1.10. The largest absolute Gasteiger partial charge is 0.331 e. The van der Waals surface area contributed by atoms with Crippen LogP contribution in [0.1, 0.15) is 0 Å². The van der Waals surface area contributed by atoms with E-state index in [9.17, 15) is 9.59 Å². The van der Waals surface area contributed by atoms with Gasteiger partial charge >= 0.3 is 0 Å². The van der Waals surface area contributed by atoms with Gasteiger partial charge in [0.2, 0.25) is 11.8 Å². The Labute approximate surface area is 91.4 Å². The van der Waals surface area contributed by atoms with Crippen molar-refractivity contribution in [2.24, 2.45) is 0 Å². The topological polar surface area (TPSA) is 40.6 Å². The monoisotopic (exact) mass is 232 g/mol. The first-order valence-corrected chi connectivity index (χ1v) is 6.79. The first kappa shape index (κ1) is 10.2. The maximum Gasteiger partial charge on any atom is 0.242 e. The van der Waals surface area contributed by atoms with E-state index in [1.807, 2.05) is 4.90 Å². The molecule has 2 aliphatic rings. The number of hydrogen-bond donors (Lipinski definition) is 0. The van der Waals surface area contributed by atoms with Gasteiger partial charge in [-0.2, -0.15) is 0 Å². The van der Waals surface area contributed by atoms with E-state index in [2.05, 4.69) is 0 Å². The fraction of sp³-hybridized carbons (Fsp3) is 0.750. The highest BCUT2D eigenvalue weighted by Crippen LogP contribution is 2.17. The molecule has 0 N–H and O–H groups in total. The van der Waals surface area contributed by atoms with Crippen molar-refractivity contribution in [1.29, 1.82) is 0 Å². The Morgan fingerprint density at radius 3 is 2.79 bits per heavy atom. The summed E-state index contributed by atoms with van der Waals surface area (Å²) in [6, 6.07) is 0. The summed E-state index contributed by atoms with van der Waals surface area (Å²) in [4.78, 5) is 26.4. The Morgan fingerprint density at radius 1 is 1.36 bits per heavy atom. The van der Waals surface area contributed by atoms with Gasteiger partial charge < -0.3 is 9.80 Å². The zero-order chi connectivity index (χ0) is 9.97. The second-order valence-electron chi connectivity index (χ2n) is 3.26. The molecule has 0 aliphatic carbocycles. The highest BCUT2D eigenvalue weighted by Gasteiger charge is 2.26. The molecule has 0 aromatic rings. The number of amides is 2. The lowest BCUT2D eigenvalue weighted by Crippen LogP contribution is -2.39. The number of rotatable bonds is 2. The quantitative estimate of drug-likeness (QED) is 0.674. The SMILES string of the molecule is O=C(CN1CSCC1=O)N1CCSC1. The van der Waals surface area contributed by atoms with Crippen molar-refractivity contribution in [2.45, 2.75) is 0 Å². The van der Waals surface area contributed by atoms with Gasteiger partial charge in [-0.1, -0.05) is 0 Å². The molecule has 2 fully saturated rings. The Kier molecular flexibility index (Phi) is 3.22. The van der Waals surface area contributed by atoms with E-state index in [4.69, 9.17) is 0 Å². The molecule has 0 atom stereocenters. The summed E-state index contributed by atoms with van der Waals surface area (Å²) in [6.07, 6.45) is 0. The van der Waals surface area contributed by atoms with Crippen LogP contribution in [0.4, 0.5) is 0 Å². The Balaban J connectivity index is 1.84. The molecule has 0 bridgehead atoms. The molecular weight excluding hydrogens is 220 g/mol. The summed E-state index contributed by atoms with van der Waals surface area (Å²) in [5.41, 5.74) is 0. The smallest absolute Gasteiger partial charge is 0.242 e. The molecule has 0 aromatic heterocycles. The molecule has 6 heteroatoms. The Bertz CT molecular complexity index is 254. The lowest BCUT2D eigenvalue weighted by atomic mass is 10.4. The predicted octanol–water partition coefficient (Wildman–Crippen LogP) is 0.0522. The van der Waals surface area contributed by atoms with Crippen LogP contribution < -0.4 is 0 Å². The van der Waals surface area contributed by atoms with Gasteiger partial charge in [-0.05, 0) is 0 Å². The molecule has 0 radical (unpaired) electrons. The van der Waals surface area contributed by atoms with Gasteiger partial charge in [-0.3, -0.25) is 9.59 Å². The number of nitrogens with zero attached hydrogens (tertiary/aromatic N) is 2. The van der Waals surface area contributed by atoms with E-state index in [1.54, 1.807) is 28.4 Å². The molecule has 2 aliphatic heterocycles. The van der Waals surface area contributed by atoms with Crippen LogP contribution in [-0.4, -0.2) is 58.0 Å². The van der Waals surface area contributed by atoms with Crippen LogP contribution in [0.25, 0.3) is 0 Å². The average Bonchev–Trinajstić information content (AvgIpc) is 2.77. The van der Waals surface area contributed by atoms with Crippen molar-refractivity contribution < 1.29 is 9.59 Å². The van der Waals surface area contributed by atoms with Crippen molar-refractivity contribution in [3.63, 3.8) is 0 Å². The third kappa shape index (κ3) is 2.17. The third-order valence-electron chi connectivity index (χ3n) is 2.26. The summed E-state index contributed by atoms with van der Waals surface area (Å²) in [5, 5.41) is 0. The van der Waals surface area contributed by atoms with Crippen LogP contribution in [-0.2, 0) is 9.59 Å². The van der Waals surface area contributed by atoms with Gasteiger partial charge in [-0.25, -0.2) is 0 Å². The Hall–Kier alpha value is -0.360. The number of carbonyl (C=O) groups is 2. The highest BCUT2D eigenvalue weighted by molar-refractivity contribution is 8.00.